The van der Waals surface area contributed by atoms with Gasteiger partial charge in [0.25, 0.3) is 5.56 Å². The van der Waals surface area contributed by atoms with Crippen LogP contribution in [-0.2, 0) is 14.1 Å². The van der Waals surface area contributed by atoms with Gasteiger partial charge in [0.05, 0.1) is 0 Å². The first kappa shape index (κ1) is 14.0. The van der Waals surface area contributed by atoms with Crippen LogP contribution in [0.3, 0.4) is 0 Å². The lowest BCUT2D eigenvalue weighted by Crippen LogP contribution is -2.40. The average Bonchev–Trinajstić information content (AvgIpc) is 2.97. The van der Waals surface area contributed by atoms with Crippen molar-refractivity contribution in [2.45, 2.75) is 10.8 Å². The highest BCUT2D eigenvalue weighted by Crippen LogP contribution is 2.52. The predicted molar refractivity (Wildman–Crippen MR) is 72.7 cm³/mol. The summed E-state index contributed by atoms with van der Waals surface area (Å²) in [6.07, 6.45) is 0.643. The van der Waals surface area contributed by atoms with Gasteiger partial charge in [0.15, 0.2) is 5.56 Å². The van der Waals surface area contributed by atoms with Crippen molar-refractivity contribution in [2.75, 3.05) is 11.9 Å². The van der Waals surface area contributed by atoms with Crippen molar-refractivity contribution in [2.24, 2.45) is 20.0 Å². The fourth-order valence-electron chi connectivity index (χ4n) is 1.86. The van der Waals surface area contributed by atoms with Crippen molar-refractivity contribution in [1.82, 2.24) is 9.13 Å². The molecule has 1 aliphatic rings. The molecule has 1 N–H and O–H groups in total. The summed E-state index contributed by atoms with van der Waals surface area (Å²) >= 11 is 11.8. The zero-order valence-corrected chi connectivity index (χ0v) is 11.9. The molecular weight excluding hydrogens is 291 g/mol. The van der Waals surface area contributed by atoms with E-state index in [9.17, 15) is 9.59 Å². The van der Waals surface area contributed by atoms with Gasteiger partial charge in [-0.1, -0.05) is 0 Å². The van der Waals surface area contributed by atoms with Crippen molar-refractivity contribution in [3.05, 3.63) is 26.4 Å². The molecule has 1 aromatic rings. The smallest absolute Gasteiger partial charge is 0.332 e. The maximum absolute atomic E-state index is 11.8. The van der Waals surface area contributed by atoms with E-state index in [1.54, 1.807) is 0 Å². The third-order valence-corrected chi connectivity index (χ3v) is 4.17. The van der Waals surface area contributed by atoms with Crippen LogP contribution in [0.25, 0.3) is 0 Å². The van der Waals surface area contributed by atoms with Crippen molar-refractivity contribution in [3.63, 3.8) is 0 Å². The zero-order chi connectivity index (χ0) is 14.4. The van der Waals surface area contributed by atoms with E-state index in [-0.39, 0.29) is 17.3 Å². The summed E-state index contributed by atoms with van der Waals surface area (Å²) in [6, 6.07) is 1.82. The predicted octanol–water partition coefficient (Wildman–Crippen LogP) is 0.561. The number of hydrogen-bond acceptors (Lipinski definition) is 4. The molecule has 1 aromatic heterocycles. The number of aromatic nitrogens is 2. The van der Waals surface area contributed by atoms with Crippen LogP contribution in [0, 0.1) is 17.2 Å². The largest absolute Gasteiger partial charge is 0.370 e. The standard InChI is InChI=1S/C11H12Cl2N4O2/c1-16-8(15-5-6-3-11(6,12)13)7(4-14)9(18)17(2)10(16)19/h6,15H,3,5H2,1-2H3. The van der Waals surface area contributed by atoms with E-state index >= 15 is 0 Å². The van der Waals surface area contributed by atoms with E-state index in [1.807, 2.05) is 6.07 Å². The van der Waals surface area contributed by atoms with E-state index in [0.29, 0.717) is 13.0 Å². The summed E-state index contributed by atoms with van der Waals surface area (Å²) in [5.41, 5.74) is -1.21. The molecule has 2 rings (SSSR count). The van der Waals surface area contributed by atoms with E-state index in [2.05, 4.69) is 5.32 Å². The second-order valence-electron chi connectivity index (χ2n) is 4.58. The third kappa shape index (κ3) is 2.36. The van der Waals surface area contributed by atoms with Gasteiger partial charge in [-0.15, -0.1) is 23.2 Å². The topological polar surface area (TPSA) is 79.8 Å². The van der Waals surface area contributed by atoms with Crippen LogP contribution >= 0.6 is 23.2 Å². The summed E-state index contributed by atoms with van der Waals surface area (Å²) < 4.78 is 1.37. The van der Waals surface area contributed by atoms with Gasteiger partial charge >= 0.3 is 5.69 Å². The second kappa shape index (κ2) is 4.58. The van der Waals surface area contributed by atoms with Crippen molar-refractivity contribution < 1.29 is 0 Å². The Kier molecular flexibility index (Phi) is 3.37. The van der Waals surface area contributed by atoms with Crippen LogP contribution in [0.1, 0.15) is 12.0 Å². The molecule has 0 bridgehead atoms. The number of nitrogens with zero attached hydrogens (tertiary/aromatic N) is 3. The molecule has 1 heterocycles. The molecule has 19 heavy (non-hydrogen) atoms. The van der Waals surface area contributed by atoms with Crippen LogP contribution in [-0.4, -0.2) is 20.0 Å². The number of nitrogens with one attached hydrogen (secondary N) is 1. The van der Waals surface area contributed by atoms with Gasteiger partial charge in [-0.25, -0.2) is 4.79 Å². The Morgan fingerprint density at radius 3 is 2.47 bits per heavy atom. The molecule has 0 aliphatic heterocycles. The molecule has 0 saturated heterocycles. The van der Waals surface area contributed by atoms with Gasteiger partial charge in [-0.05, 0) is 6.42 Å². The molecule has 0 spiro atoms. The van der Waals surface area contributed by atoms with Crippen LogP contribution in [0.15, 0.2) is 9.59 Å². The molecule has 1 aliphatic carbocycles. The third-order valence-electron chi connectivity index (χ3n) is 3.25. The molecule has 6 nitrogen and oxygen atoms in total. The minimum Gasteiger partial charge on any atom is -0.370 e. The number of rotatable bonds is 3. The van der Waals surface area contributed by atoms with Crippen LogP contribution < -0.4 is 16.6 Å². The molecular formula is C11H12Cl2N4O2. The number of hydrogen-bond donors (Lipinski definition) is 1. The number of halogens is 2. The Morgan fingerprint density at radius 2 is 2.00 bits per heavy atom. The second-order valence-corrected chi connectivity index (χ2v) is 6.13. The summed E-state index contributed by atoms with van der Waals surface area (Å²) in [5, 5.41) is 12.0. The highest BCUT2D eigenvalue weighted by molar-refractivity contribution is 6.50. The summed E-state index contributed by atoms with van der Waals surface area (Å²) in [6.45, 7) is 0.405. The number of alkyl halides is 2. The van der Waals surface area contributed by atoms with Gasteiger partial charge in [-0.3, -0.25) is 13.9 Å². The maximum atomic E-state index is 11.8. The minimum atomic E-state index is -0.752. The van der Waals surface area contributed by atoms with Gasteiger partial charge in [0.2, 0.25) is 0 Å². The summed E-state index contributed by atoms with van der Waals surface area (Å²) in [4.78, 5) is 23.6. The first-order valence-corrected chi connectivity index (χ1v) is 6.37. The molecule has 1 fully saturated rings. The number of anilines is 1. The lowest BCUT2D eigenvalue weighted by atomic mass is 10.3. The lowest BCUT2D eigenvalue weighted by molar-refractivity contribution is 0.682. The van der Waals surface area contributed by atoms with E-state index in [4.69, 9.17) is 28.5 Å². The number of nitriles is 1. The normalized spacial score (nSPS) is 19.8. The Hall–Kier alpha value is -1.45. The lowest BCUT2D eigenvalue weighted by Gasteiger charge is -2.13. The summed E-state index contributed by atoms with van der Waals surface area (Å²) in [7, 11) is 2.82. The molecule has 0 aromatic carbocycles. The summed E-state index contributed by atoms with van der Waals surface area (Å²) in [5.74, 6) is 0.244. The molecule has 1 atom stereocenters. The van der Waals surface area contributed by atoms with E-state index < -0.39 is 15.6 Å². The monoisotopic (exact) mass is 302 g/mol. The van der Waals surface area contributed by atoms with E-state index in [0.717, 1.165) is 4.57 Å². The molecule has 0 amide bonds. The first-order chi connectivity index (χ1) is 8.79. The minimum absolute atomic E-state index is 0.0431. The zero-order valence-electron chi connectivity index (χ0n) is 10.4. The van der Waals surface area contributed by atoms with E-state index in [1.165, 1.54) is 18.7 Å². The van der Waals surface area contributed by atoms with Crippen molar-refractivity contribution >= 4 is 29.0 Å². The fraction of sp³-hybridized carbons (Fsp3) is 0.545. The highest BCUT2D eigenvalue weighted by atomic mass is 35.5. The average molecular weight is 303 g/mol. The Balaban J connectivity index is 2.38. The van der Waals surface area contributed by atoms with Crippen LogP contribution in [0.4, 0.5) is 5.82 Å². The molecule has 0 radical (unpaired) electrons. The van der Waals surface area contributed by atoms with Crippen molar-refractivity contribution in [3.8, 4) is 6.07 Å². The fourth-order valence-corrected chi connectivity index (χ4v) is 2.39. The van der Waals surface area contributed by atoms with Crippen molar-refractivity contribution in [1.29, 1.82) is 5.26 Å². The highest BCUT2D eigenvalue weighted by Gasteiger charge is 2.51. The SMILES string of the molecule is Cn1c(NCC2CC2(Cl)Cl)c(C#N)c(=O)n(C)c1=O. The Bertz CT molecular complexity index is 684. The van der Waals surface area contributed by atoms with Gasteiger partial charge < -0.3 is 5.32 Å². The Morgan fingerprint density at radius 1 is 1.42 bits per heavy atom. The Labute approximate surface area is 119 Å². The first-order valence-electron chi connectivity index (χ1n) is 5.61. The molecule has 1 saturated carbocycles. The van der Waals surface area contributed by atoms with Gasteiger partial charge in [0.1, 0.15) is 16.2 Å². The van der Waals surface area contributed by atoms with Gasteiger partial charge in [0, 0.05) is 26.6 Å². The molecule has 1 unspecified atom stereocenters. The molecule has 8 heteroatoms. The van der Waals surface area contributed by atoms with Crippen LogP contribution in [0.5, 0.6) is 0 Å². The maximum Gasteiger partial charge on any atom is 0.332 e. The quantitative estimate of drug-likeness (QED) is 0.828. The van der Waals surface area contributed by atoms with Gasteiger partial charge in [-0.2, -0.15) is 5.26 Å². The van der Waals surface area contributed by atoms with Crippen LogP contribution in [0.2, 0.25) is 0 Å². The molecule has 102 valence electrons.